The van der Waals surface area contributed by atoms with Crippen LogP contribution in [-0.2, 0) is 4.79 Å². The highest BCUT2D eigenvalue weighted by atomic mass is 19.1. The Morgan fingerprint density at radius 2 is 1.76 bits per heavy atom. The van der Waals surface area contributed by atoms with Crippen LogP contribution in [0.3, 0.4) is 0 Å². The summed E-state index contributed by atoms with van der Waals surface area (Å²) < 4.78 is 18.3. The molecule has 0 radical (unpaired) electrons. The van der Waals surface area contributed by atoms with Gasteiger partial charge in [0.25, 0.3) is 0 Å². The lowest BCUT2D eigenvalue weighted by atomic mass is 9.78. The lowest BCUT2D eigenvalue weighted by Gasteiger charge is -2.33. The predicted molar refractivity (Wildman–Crippen MR) is 122 cm³/mol. The summed E-state index contributed by atoms with van der Waals surface area (Å²) in [4.78, 5) is 25.0. The second-order valence-corrected chi connectivity index (χ2v) is 8.23. The summed E-state index contributed by atoms with van der Waals surface area (Å²) in [6.07, 6.45) is 6.65. The molecule has 1 heterocycles. The van der Waals surface area contributed by atoms with Crippen molar-refractivity contribution in [1.29, 1.82) is 0 Å². The molecule has 2 N–H and O–H groups in total. The number of aromatic nitrogens is 1. The number of aldehydes is 1. The van der Waals surface area contributed by atoms with Crippen LogP contribution in [0.2, 0.25) is 0 Å². The Labute approximate surface area is 191 Å². The number of hydrogen-bond donors (Lipinski definition) is 2. The largest absolute Gasteiger partial charge is 0.504 e. The highest BCUT2D eigenvalue weighted by Crippen LogP contribution is 2.34. The number of nitrogens with zero attached hydrogens (tertiary/aromatic N) is 1. The zero-order valence-electron chi connectivity index (χ0n) is 18.0. The summed E-state index contributed by atoms with van der Waals surface area (Å²) in [5, 5.41) is 17.8. The number of Topliss-reactive ketones (excluding diaryl/α,β-unsaturated/α-hetero) is 1. The molecule has 1 fully saturated rings. The zero-order chi connectivity index (χ0) is 23.2. The minimum absolute atomic E-state index is 0.00378. The Morgan fingerprint density at radius 1 is 1.06 bits per heavy atom. The van der Waals surface area contributed by atoms with Crippen molar-refractivity contribution in [3.8, 4) is 11.3 Å². The number of nitrogens with one attached hydrogen (secondary N) is 1. The van der Waals surface area contributed by atoms with E-state index >= 15 is 0 Å². The van der Waals surface area contributed by atoms with E-state index in [-0.39, 0.29) is 17.1 Å². The number of benzene rings is 2. The van der Waals surface area contributed by atoms with Crippen molar-refractivity contribution in [2.24, 2.45) is 5.92 Å². The summed E-state index contributed by atoms with van der Waals surface area (Å²) >= 11 is 0. The number of aliphatic hydroxyl groups is 1. The van der Waals surface area contributed by atoms with E-state index in [1.165, 1.54) is 30.5 Å². The van der Waals surface area contributed by atoms with Crippen LogP contribution in [0.1, 0.15) is 42.5 Å². The number of allylic oxidation sites excluding steroid dienone is 1. The summed E-state index contributed by atoms with van der Waals surface area (Å²) in [6, 6.07) is 13.8. The van der Waals surface area contributed by atoms with Crippen LogP contribution in [0.25, 0.3) is 11.3 Å². The number of halogens is 1. The molecule has 33 heavy (non-hydrogen) atoms. The highest BCUT2D eigenvalue weighted by Gasteiger charge is 2.33. The maximum absolute atomic E-state index is 13.4. The average molecular weight is 448 g/mol. The average Bonchev–Trinajstić information content (AvgIpc) is 3.40. The third-order valence-corrected chi connectivity index (χ3v) is 6.11. The quantitative estimate of drug-likeness (QED) is 0.198. The Kier molecular flexibility index (Phi) is 6.98. The number of ketones is 1. The number of rotatable bonds is 8. The molecule has 1 aliphatic rings. The first kappa shape index (κ1) is 22.5. The first-order chi connectivity index (χ1) is 16.1. The minimum Gasteiger partial charge on any atom is -0.504 e. The second kappa shape index (κ2) is 10.3. The molecule has 3 aromatic rings. The van der Waals surface area contributed by atoms with Gasteiger partial charge in [-0.05, 0) is 55.2 Å². The van der Waals surface area contributed by atoms with Gasteiger partial charge in [-0.1, -0.05) is 36.6 Å². The van der Waals surface area contributed by atoms with Gasteiger partial charge in [-0.15, -0.1) is 0 Å². The first-order valence-electron chi connectivity index (χ1n) is 11.0. The molecule has 4 rings (SSSR count). The smallest absolute Gasteiger partial charge is 0.194 e. The van der Waals surface area contributed by atoms with Crippen LogP contribution >= 0.6 is 0 Å². The normalized spacial score (nSPS) is 16.0. The third kappa shape index (κ3) is 5.19. The van der Waals surface area contributed by atoms with Crippen molar-refractivity contribution < 1.29 is 23.6 Å². The molecule has 1 saturated carbocycles. The van der Waals surface area contributed by atoms with Crippen molar-refractivity contribution in [3.05, 3.63) is 83.6 Å². The minimum atomic E-state index is -0.605. The van der Waals surface area contributed by atoms with Gasteiger partial charge in [0, 0.05) is 22.9 Å². The van der Waals surface area contributed by atoms with E-state index in [1.54, 1.807) is 6.07 Å². The van der Waals surface area contributed by atoms with Crippen LogP contribution in [-0.4, -0.2) is 28.4 Å². The van der Waals surface area contributed by atoms with Crippen molar-refractivity contribution in [1.82, 2.24) is 5.16 Å². The standard InChI is InChI=1S/C26H25FN2O4/c27-20-10-6-19(7-11-20)26(32)24(23(31)16-30)25(18-4-2-1-3-5-18)28-21-12-8-17(9-13-21)22-14-15-33-29-22/h6-16,18,25,28,31H,1-5H2/b24-23-. The van der Waals surface area contributed by atoms with Crippen molar-refractivity contribution in [3.63, 3.8) is 0 Å². The van der Waals surface area contributed by atoms with E-state index in [4.69, 9.17) is 4.52 Å². The molecule has 1 atom stereocenters. The Bertz CT molecular complexity index is 1120. The number of hydrogen-bond acceptors (Lipinski definition) is 6. The van der Waals surface area contributed by atoms with Gasteiger partial charge in [-0.25, -0.2) is 4.39 Å². The van der Waals surface area contributed by atoms with Crippen LogP contribution in [0.4, 0.5) is 10.1 Å². The van der Waals surface area contributed by atoms with Crippen molar-refractivity contribution >= 4 is 17.8 Å². The second-order valence-electron chi connectivity index (χ2n) is 8.23. The van der Waals surface area contributed by atoms with Gasteiger partial charge in [0.15, 0.2) is 17.8 Å². The Morgan fingerprint density at radius 3 is 2.36 bits per heavy atom. The van der Waals surface area contributed by atoms with Gasteiger partial charge < -0.3 is 14.9 Å². The molecule has 2 aromatic carbocycles. The Balaban J connectivity index is 1.68. The summed E-state index contributed by atoms with van der Waals surface area (Å²) in [5.74, 6) is -1.52. The molecule has 0 bridgehead atoms. The van der Waals surface area contributed by atoms with Crippen molar-refractivity contribution in [2.75, 3.05) is 5.32 Å². The van der Waals surface area contributed by atoms with Gasteiger partial charge in [0.05, 0.1) is 11.6 Å². The SMILES string of the molecule is O=C/C(O)=C(/C(=O)c1ccc(F)cc1)C(Nc1ccc(-c2ccon2)cc1)C1CCCCC1. The van der Waals surface area contributed by atoms with Crippen LogP contribution in [0.5, 0.6) is 0 Å². The molecule has 1 unspecified atom stereocenters. The summed E-state index contributed by atoms with van der Waals surface area (Å²) in [6.45, 7) is 0. The molecule has 1 aliphatic carbocycles. The number of carbonyl (C=O) groups is 2. The first-order valence-corrected chi connectivity index (χ1v) is 11.0. The molecule has 0 amide bonds. The number of aliphatic hydroxyl groups excluding tert-OH is 1. The van der Waals surface area contributed by atoms with Crippen LogP contribution in [0, 0.1) is 11.7 Å². The highest BCUT2D eigenvalue weighted by molar-refractivity contribution is 6.12. The van der Waals surface area contributed by atoms with Crippen molar-refractivity contribution in [2.45, 2.75) is 38.1 Å². The number of carbonyl (C=O) groups excluding carboxylic acids is 2. The van der Waals surface area contributed by atoms with Gasteiger partial charge in [-0.3, -0.25) is 9.59 Å². The van der Waals surface area contributed by atoms with Crippen LogP contribution < -0.4 is 5.32 Å². The van der Waals surface area contributed by atoms with E-state index < -0.39 is 23.4 Å². The fourth-order valence-corrected chi connectivity index (χ4v) is 4.41. The monoisotopic (exact) mass is 448 g/mol. The topological polar surface area (TPSA) is 92.4 Å². The fourth-order valence-electron chi connectivity index (χ4n) is 4.41. The molecule has 170 valence electrons. The maximum Gasteiger partial charge on any atom is 0.194 e. The Hall–Kier alpha value is -3.74. The lowest BCUT2D eigenvalue weighted by Crippen LogP contribution is -2.36. The van der Waals surface area contributed by atoms with E-state index in [9.17, 15) is 19.1 Å². The summed E-state index contributed by atoms with van der Waals surface area (Å²) in [5.41, 5.74) is 2.53. The van der Waals surface area contributed by atoms with E-state index in [2.05, 4.69) is 10.5 Å². The molecular weight excluding hydrogens is 423 g/mol. The van der Waals surface area contributed by atoms with Gasteiger partial charge in [0.1, 0.15) is 17.8 Å². The molecule has 0 aliphatic heterocycles. The van der Waals surface area contributed by atoms with Gasteiger partial charge in [-0.2, -0.15) is 0 Å². The maximum atomic E-state index is 13.4. The molecule has 0 saturated heterocycles. The molecule has 1 aromatic heterocycles. The number of anilines is 1. The van der Waals surface area contributed by atoms with E-state index in [0.29, 0.717) is 12.0 Å². The van der Waals surface area contributed by atoms with E-state index in [1.807, 2.05) is 24.3 Å². The zero-order valence-corrected chi connectivity index (χ0v) is 18.0. The molecule has 6 nitrogen and oxygen atoms in total. The molecule has 7 heteroatoms. The molecule has 0 spiro atoms. The van der Waals surface area contributed by atoms with Crippen LogP contribution in [0.15, 0.2) is 76.7 Å². The predicted octanol–water partition coefficient (Wildman–Crippen LogP) is 5.74. The lowest BCUT2D eigenvalue weighted by molar-refractivity contribution is -0.107. The van der Waals surface area contributed by atoms with Gasteiger partial charge >= 0.3 is 0 Å². The molecular formula is C26H25FN2O4. The summed E-state index contributed by atoms with van der Waals surface area (Å²) in [7, 11) is 0. The van der Waals surface area contributed by atoms with E-state index in [0.717, 1.165) is 43.4 Å². The fraction of sp³-hybridized carbons (Fsp3) is 0.269. The van der Waals surface area contributed by atoms with Gasteiger partial charge in [0.2, 0.25) is 0 Å². The third-order valence-electron chi connectivity index (χ3n) is 6.11.